The van der Waals surface area contributed by atoms with Crippen LogP contribution in [-0.2, 0) is 10.0 Å². The van der Waals surface area contributed by atoms with Crippen LogP contribution < -0.4 is 5.73 Å². The van der Waals surface area contributed by atoms with Crippen LogP contribution in [0.4, 0.5) is 4.39 Å². The molecule has 0 aliphatic heterocycles. The van der Waals surface area contributed by atoms with E-state index in [0.29, 0.717) is 0 Å². The van der Waals surface area contributed by atoms with Gasteiger partial charge in [0.05, 0.1) is 11.3 Å². The molecular formula is C17H14FN3O3S. The summed E-state index contributed by atoms with van der Waals surface area (Å²) in [6.45, 7) is 1.44. The number of carbonyl (C=O) groups excluding carboxylic acids is 1. The molecule has 0 bridgehead atoms. The average molecular weight is 359 g/mol. The minimum absolute atomic E-state index is 0.00529. The summed E-state index contributed by atoms with van der Waals surface area (Å²) in [4.78, 5) is 15.4. The van der Waals surface area contributed by atoms with Gasteiger partial charge in [-0.2, -0.15) is 0 Å². The van der Waals surface area contributed by atoms with E-state index >= 15 is 0 Å². The first-order valence-electron chi connectivity index (χ1n) is 7.26. The molecule has 25 heavy (non-hydrogen) atoms. The standard InChI is InChI=1S/C17H14FN3O3S/c1-11-14(17(19)22)9-16(13-6-2-3-7-15(13)18)21(11)25(23,24)12-5-4-8-20-10-12/h2-10H,1H3,(H2,19,22). The van der Waals surface area contributed by atoms with Crippen LogP contribution in [0.3, 0.4) is 0 Å². The number of amides is 1. The Morgan fingerprint density at radius 1 is 1.20 bits per heavy atom. The van der Waals surface area contributed by atoms with Crippen LogP contribution in [0.25, 0.3) is 11.3 Å². The molecule has 0 unspecified atom stereocenters. The third-order valence-electron chi connectivity index (χ3n) is 3.78. The van der Waals surface area contributed by atoms with Crippen molar-refractivity contribution in [3.8, 4) is 11.3 Å². The lowest BCUT2D eigenvalue weighted by Crippen LogP contribution is -2.18. The maximum absolute atomic E-state index is 14.3. The lowest BCUT2D eigenvalue weighted by molar-refractivity contribution is 0.1000. The number of halogens is 1. The molecule has 3 aromatic rings. The number of pyridine rings is 1. The fraction of sp³-hybridized carbons (Fsp3) is 0.0588. The maximum atomic E-state index is 14.3. The number of carbonyl (C=O) groups is 1. The summed E-state index contributed by atoms with van der Waals surface area (Å²) in [6, 6.07) is 9.84. The quantitative estimate of drug-likeness (QED) is 0.773. The van der Waals surface area contributed by atoms with Gasteiger partial charge in [-0.05, 0) is 37.3 Å². The Hall–Kier alpha value is -3.00. The second-order valence-corrected chi connectivity index (χ2v) is 7.12. The van der Waals surface area contributed by atoms with Crippen molar-refractivity contribution in [2.75, 3.05) is 0 Å². The highest BCUT2D eigenvalue weighted by Crippen LogP contribution is 2.31. The van der Waals surface area contributed by atoms with E-state index in [1.165, 1.54) is 55.7 Å². The molecule has 6 nitrogen and oxygen atoms in total. The lowest BCUT2D eigenvalue weighted by atomic mass is 10.1. The SMILES string of the molecule is Cc1c(C(N)=O)cc(-c2ccccc2F)n1S(=O)(=O)c1cccnc1. The Balaban J connectivity index is 2.37. The third-order valence-corrected chi connectivity index (χ3v) is 5.57. The molecule has 2 heterocycles. The van der Waals surface area contributed by atoms with Crippen molar-refractivity contribution in [3.05, 3.63) is 71.9 Å². The lowest BCUT2D eigenvalue weighted by Gasteiger charge is -2.13. The first-order chi connectivity index (χ1) is 11.8. The van der Waals surface area contributed by atoms with Crippen LogP contribution in [0, 0.1) is 12.7 Å². The largest absolute Gasteiger partial charge is 0.366 e. The summed E-state index contributed by atoms with van der Waals surface area (Å²) < 4.78 is 41.3. The smallest absolute Gasteiger partial charge is 0.269 e. The van der Waals surface area contributed by atoms with Gasteiger partial charge in [-0.3, -0.25) is 9.78 Å². The van der Waals surface area contributed by atoms with E-state index in [4.69, 9.17) is 5.73 Å². The van der Waals surface area contributed by atoms with Crippen molar-refractivity contribution in [2.24, 2.45) is 5.73 Å². The molecule has 0 radical (unpaired) electrons. The third kappa shape index (κ3) is 2.80. The van der Waals surface area contributed by atoms with Gasteiger partial charge in [0.1, 0.15) is 10.7 Å². The van der Waals surface area contributed by atoms with Gasteiger partial charge in [0, 0.05) is 23.7 Å². The molecule has 2 N–H and O–H groups in total. The van der Waals surface area contributed by atoms with E-state index in [9.17, 15) is 17.6 Å². The normalized spacial score (nSPS) is 11.4. The number of nitrogens with two attached hydrogens (primary N) is 1. The fourth-order valence-corrected chi connectivity index (χ4v) is 4.13. The number of aromatic nitrogens is 2. The zero-order valence-corrected chi connectivity index (χ0v) is 14.0. The van der Waals surface area contributed by atoms with Crippen molar-refractivity contribution < 1.29 is 17.6 Å². The number of rotatable bonds is 4. The Morgan fingerprint density at radius 3 is 2.52 bits per heavy atom. The maximum Gasteiger partial charge on any atom is 0.269 e. The van der Waals surface area contributed by atoms with Gasteiger partial charge in [0.25, 0.3) is 15.9 Å². The molecule has 0 saturated carbocycles. The zero-order chi connectivity index (χ0) is 18.2. The van der Waals surface area contributed by atoms with E-state index in [1.54, 1.807) is 6.07 Å². The zero-order valence-electron chi connectivity index (χ0n) is 13.2. The molecule has 0 atom stereocenters. The van der Waals surface area contributed by atoms with E-state index in [2.05, 4.69) is 4.98 Å². The summed E-state index contributed by atoms with van der Waals surface area (Å²) in [5.41, 5.74) is 5.52. The predicted octanol–water partition coefficient (Wildman–Crippen LogP) is 2.33. The Kier molecular flexibility index (Phi) is 4.13. The molecule has 2 aromatic heterocycles. The summed E-state index contributed by atoms with van der Waals surface area (Å²) in [5.74, 6) is -1.41. The number of benzene rings is 1. The molecule has 1 amide bonds. The molecular weight excluding hydrogens is 345 g/mol. The molecule has 128 valence electrons. The summed E-state index contributed by atoms with van der Waals surface area (Å²) in [6.07, 6.45) is 2.62. The molecule has 0 aliphatic carbocycles. The van der Waals surface area contributed by atoms with Gasteiger partial charge in [0.15, 0.2) is 0 Å². The van der Waals surface area contributed by atoms with Gasteiger partial charge in [-0.15, -0.1) is 0 Å². The molecule has 3 rings (SSSR count). The van der Waals surface area contributed by atoms with Gasteiger partial charge in [0.2, 0.25) is 0 Å². The molecule has 0 saturated heterocycles. The first kappa shape index (κ1) is 16.8. The van der Waals surface area contributed by atoms with E-state index in [0.717, 1.165) is 3.97 Å². The van der Waals surface area contributed by atoms with Crippen LogP contribution in [0.15, 0.2) is 59.8 Å². The number of hydrogen-bond acceptors (Lipinski definition) is 4. The van der Waals surface area contributed by atoms with Crippen LogP contribution in [0.1, 0.15) is 16.1 Å². The molecule has 0 fully saturated rings. The fourth-order valence-electron chi connectivity index (χ4n) is 2.61. The number of nitrogens with zero attached hydrogens (tertiary/aromatic N) is 2. The number of hydrogen-bond donors (Lipinski definition) is 1. The Labute approximate surface area is 143 Å². The highest BCUT2D eigenvalue weighted by atomic mass is 32.2. The predicted molar refractivity (Wildman–Crippen MR) is 89.9 cm³/mol. The Bertz CT molecular complexity index is 1060. The van der Waals surface area contributed by atoms with E-state index < -0.39 is 21.7 Å². The van der Waals surface area contributed by atoms with Crippen molar-refractivity contribution in [3.63, 3.8) is 0 Å². The highest BCUT2D eigenvalue weighted by Gasteiger charge is 2.27. The van der Waals surface area contributed by atoms with E-state index in [1.807, 2.05) is 0 Å². The van der Waals surface area contributed by atoms with Crippen molar-refractivity contribution >= 4 is 15.9 Å². The molecule has 1 aromatic carbocycles. The summed E-state index contributed by atoms with van der Waals surface area (Å²) in [5, 5.41) is 0. The van der Waals surface area contributed by atoms with Crippen LogP contribution in [0.2, 0.25) is 0 Å². The summed E-state index contributed by atoms with van der Waals surface area (Å²) in [7, 11) is -4.10. The first-order valence-corrected chi connectivity index (χ1v) is 8.70. The second-order valence-electron chi connectivity index (χ2n) is 5.33. The highest BCUT2D eigenvalue weighted by molar-refractivity contribution is 7.90. The monoisotopic (exact) mass is 359 g/mol. The van der Waals surface area contributed by atoms with Gasteiger partial charge >= 0.3 is 0 Å². The van der Waals surface area contributed by atoms with Crippen LogP contribution in [-0.4, -0.2) is 23.3 Å². The molecule has 8 heteroatoms. The minimum atomic E-state index is -4.10. The molecule has 0 aliphatic rings. The van der Waals surface area contributed by atoms with E-state index in [-0.39, 0.29) is 27.4 Å². The Morgan fingerprint density at radius 2 is 1.92 bits per heavy atom. The van der Waals surface area contributed by atoms with Crippen LogP contribution >= 0.6 is 0 Å². The minimum Gasteiger partial charge on any atom is -0.366 e. The topological polar surface area (TPSA) is 95.0 Å². The van der Waals surface area contributed by atoms with Crippen LogP contribution in [0.5, 0.6) is 0 Å². The van der Waals surface area contributed by atoms with Crippen molar-refractivity contribution in [1.82, 2.24) is 8.96 Å². The summed E-state index contributed by atoms with van der Waals surface area (Å²) >= 11 is 0. The van der Waals surface area contributed by atoms with Gasteiger partial charge in [-0.25, -0.2) is 16.8 Å². The second kappa shape index (κ2) is 6.14. The van der Waals surface area contributed by atoms with Crippen molar-refractivity contribution in [2.45, 2.75) is 11.8 Å². The van der Waals surface area contributed by atoms with Crippen molar-refractivity contribution in [1.29, 1.82) is 0 Å². The molecule has 0 spiro atoms. The number of primary amides is 1. The van der Waals surface area contributed by atoms with Gasteiger partial charge in [-0.1, -0.05) is 12.1 Å². The van der Waals surface area contributed by atoms with Gasteiger partial charge < -0.3 is 5.73 Å². The average Bonchev–Trinajstić information content (AvgIpc) is 2.94.